The molecule has 1 atom stereocenters. The van der Waals surface area contributed by atoms with Crippen LogP contribution in [0.3, 0.4) is 0 Å². The number of benzene rings is 2. The van der Waals surface area contributed by atoms with Crippen molar-refractivity contribution < 1.29 is 14.3 Å². The molecule has 0 aliphatic heterocycles. The molecule has 30 heavy (non-hydrogen) atoms. The first-order valence-electron chi connectivity index (χ1n) is 9.50. The van der Waals surface area contributed by atoms with Crippen molar-refractivity contribution in [2.45, 2.75) is 13.0 Å². The number of hydrogen-bond acceptors (Lipinski definition) is 6. The number of carbonyl (C=O) groups is 1. The summed E-state index contributed by atoms with van der Waals surface area (Å²) in [5, 5.41) is 0.490. The Morgan fingerprint density at radius 1 is 1.10 bits per heavy atom. The number of nitrogens with zero attached hydrogens (tertiary/aromatic N) is 3. The summed E-state index contributed by atoms with van der Waals surface area (Å²) in [5.74, 6) is -0.595. The molecular formula is C22H18N4O4. The van der Waals surface area contributed by atoms with Crippen LogP contribution in [0.5, 0.6) is 0 Å². The Bertz CT molecular complexity index is 1500. The van der Waals surface area contributed by atoms with E-state index in [0.717, 1.165) is 0 Å². The zero-order chi connectivity index (χ0) is 20.8. The molecule has 5 rings (SSSR count). The monoisotopic (exact) mass is 402 g/mol. The summed E-state index contributed by atoms with van der Waals surface area (Å²) >= 11 is 0. The van der Waals surface area contributed by atoms with E-state index in [0.29, 0.717) is 38.7 Å². The standard InChI is InChI=1S/C22H18N4O4/c1-12(11-29-2)30-22(28)17-18-20(24-15-9-5-4-8-14(15)23-18)26-16-10-6-3-7-13(16)21(27)25-19(17)26/h3-10,12H,11H2,1-2H3,(H,25,27)/t12-/m0/s1. The van der Waals surface area contributed by atoms with E-state index in [4.69, 9.17) is 14.5 Å². The topological polar surface area (TPSA) is 98.6 Å². The first-order chi connectivity index (χ1) is 14.6. The van der Waals surface area contributed by atoms with E-state index in [9.17, 15) is 9.59 Å². The number of methoxy groups -OCH3 is 1. The number of nitrogens with one attached hydrogen (secondary N) is 1. The maximum atomic E-state index is 13.1. The fourth-order valence-electron chi connectivity index (χ4n) is 3.74. The lowest BCUT2D eigenvalue weighted by Gasteiger charge is -2.11. The van der Waals surface area contributed by atoms with Crippen LogP contribution in [0.15, 0.2) is 53.3 Å². The fraction of sp³-hybridized carbons (Fsp3) is 0.182. The number of aromatic nitrogens is 4. The number of aromatic amines is 1. The van der Waals surface area contributed by atoms with Gasteiger partial charge in [-0.05, 0) is 31.2 Å². The zero-order valence-electron chi connectivity index (χ0n) is 16.4. The lowest BCUT2D eigenvalue weighted by atomic mass is 10.2. The van der Waals surface area contributed by atoms with Gasteiger partial charge in [-0.2, -0.15) is 0 Å². The molecule has 5 aromatic rings. The minimum Gasteiger partial charge on any atom is -0.456 e. The molecule has 0 unspecified atom stereocenters. The second-order valence-corrected chi connectivity index (χ2v) is 7.09. The lowest BCUT2D eigenvalue weighted by molar-refractivity contribution is 0.0124. The highest BCUT2D eigenvalue weighted by molar-refractivity contribution is 6.11. The minimum atomic E-state index is -0.595. The normalized spacial score (nSPS) is 12.7. The van der Waals surface area contributed by atoms with Crippen LogP contribution in [-0.2, 0) is 9.47 Å². The van der Waals surface area contributed by atoms with Crippen LogP contribution in [0.2, 0.25) is 0 Å². The SMILES string of the molecule is COC[C@H](C)OC(=O)c1c2nc3ccccc3nc2n2c1[nH]c(=O)c1ccccc12. The number of carbonyl (C=O) groups excluding carboxylic acids is 1. The van der Waals surface area contributed by atoms with Gasteiger partial charge in [-0.25, -0.2) is 14.8 Å². The highest BCUT2D eigenvalue weighted by atomic mass is 16.6. The summed E-state index contributed by atoms with van der Waals surface area (Å²) in [7, 11) is 1.54. The molecule has 0 aliphatic rings. The van der Waals surface area contributed by atoms with E-state index < -0.39 is 12.1 Å². The van der Waals surface area contributed by atoms with Gasteiger partial charge in [-0.3, -0.25) is 9.20 Å². The van der Waals surface area contributed by atoms with Crippen LogP contribution >= 0.6 is 0 Å². The highest BCUT2D eigenvalue weighted by Gasteiger charge is 2.26. The summed E-state index contributed by atoms with van der Waals surface area (Å²) < 4.78 is 12.4. The summed E-state index contributed by atoms with van der Waals surface area (Å²) in [6, 6.07) is 14.6. The minimum absolute atomic E-state index is 0.175. The molecule has 0 amide bonds. The second kappa shape index (κ2) is 6.93. The summed E-state index contributed by atoms with van der Waals surface area (Å²) in [6.07, 6.45) is -0.465. The van der Waals surface area contributed by atoms with Crippen LogP contribution in [0.25, 0.3) is 38.7 Å². The molecule has 1 N–H and O–H groups in total. The van der Waals surface area contributed by atoms with Crippen molar-refractivity contribution in [1.82, 2.24) is 19.4 Å². The third kappa shape index (κ3) is 2.73. The quantitative estimate of drug-likeness (QED) is 0.464. The predicted molar refractivity (Wildman–Crippen MR) is 113 cm³/mol. The van der Waals surface area contributed by atoms with Crippen molar-refractivity contribution in [2.75, 3.05) is 13.7 Å². The maximum absolute atomic E-state index is 13.1. The van der Waals surface area contributed by atoms with Gasteiger partial charge in [0.2, 0.25) is 0 Å². The largest absolute Gasteiger partial charge is 0.456 e. The van der Waals surface area contributed by atoms with Crippen molar-refractivity contribution >= 4 is 44.7 Å². The van der Waals surface area contributed by atoms with Gasteiger partial charge in [0.05, 0.1) is 28.5 Å². The zero-order valence-corrected chi connectivity index (χ0v) is 16.4. The second-order valence-electron chi connectivity index (χ2n) is 7.09. The Kier molecular flexibility index (Phi) is 4.22. The summed E-state index contributed by atoms with van der Waals surface area (Å²) in [6.45, 7) is 1.99. The van der Waals surface area contributed by atoms with E-state index in [1.807, 2.05) is 36.4 Å². The first-order valence-corrected chi connectivity index (χ1v) is 9.50. The van der Waals surface area contributed by atoms with Crippen molar-refractivity contribution in [2.24, 2.45) is 0 Å². The van der Waals surface area contributed by atoms with E-state index in [1.165, 1.54) is 7.11 Å². The molecule has 0 spiro atoms. The van der Waals surface area contributed by atoms with E-state index in [-0.39, 0.29) is 17.7 Å². The van der Waals surface area contributed by atoms with E-state index >= 15 is 0 Å². The maximum Gasteiger partial charge on any atom is 0.344 e. The molecule has 0 radical (unpaired) electrons. The number of fused-ring (bicyclic) bond motifs is 6. The number of rotatable bonds is 4. The van der Waals surface area contributed by atoms with Gasteiger partial charge in [-0.1, -0.05) is 24.3 Å². The van der Waals surface area contributed by atoms with Gasteiger partial charge in [0, 0.05) is 7.11 Å². The van der Waals surface area contributed by atoms with Crippen LogP contribution in [0, 0.1) is 0 Å². The van der Waals surface area contributed by atoms with Gasteiger partial charge in [0.15, 0.2) is 5.65 Å². The molecule has 2 aromatic carbocycles. The van der Waals surface area contributed by atoms with Crippen molar-refractivity contribution in [3.05, 3.63) is 64.4 Å². The van der Waals surface area contributed by atoms with Crippen molar-refractivity contribution in [1.29, 1.82) is 0 Å². The Balaban J connectivity index is 1.92. The first kappa shape index (κ1) is 18.3. The molecule has 3 heterocycles. The molecule has 8 nitrogen and oxygen atoms in total. The lowest BCUT2D eigenvalue weighted by Crippen LogP contribution is -2.20. The molecule has 150 valence electrons. The van der Waals surface area contributed by atoms with Crippen LogP contribution in [-0.4, -0.2) is 45.1 Å². The number of ether oxygens (including phenoxy) is 2. The average molecular weight is 402 g/mol. The van der Waals surface area contributed by atoms with Crippen LogP contribution in [0.4, 0.5) is 0 Å². The molecule has 0 saturated heterocycles. The van der Waals surface area contributed by atoms with Crippen LogP contribution < -0.4 is 5.56 Å². The third-order valence-electron chi connectivity index (χ3n) is 5.00. The van der Waals surface area contributed by atoms with Crippen LogP contribution in [0.1, 0.15) is 17.3 Å². The summed E-state index contributed by atoms with van der Waals surface area (Å²) in [4.78, 5) is 38.1. The summed E-state index contributed by atoms with van der Waals surface area (Å²) in [5.41, 5.74) is 2.99. The Labute approximate surface area is 170 Å². The smallest absolute Gasteiger partial charge is 0.344 e. The van der Waals surface area contributed by atoms with Crippen molar-refractivity contribution in [3.63, 3.8) is 0 Å². The number of esters is 1. The predicted octanol–water partition coefficient (Wildman–Crippen LogP) is 3.07. The van der Waals surface area contributed by atoms with E-state index in [1.54, 1.807) is 23.5 Å². The van der Waals surface area contributed by atoms with E-state index in [2.05, 4.69) is 9.97 Å². The molecular weight excluding hydrogens is 384 g/mol. The number of para-hydroxylation sites is 3. The molecule has 0 bridgehead atoms. The number of hydrogen-bond donors (Lipinski definition) is 1. The third-order valence-corrected chi connectivity index (χ3v) is 5.00. The van der Waals surface area contributed by atoms with Gasteiger partial charge in [0.1, 0.15) is 22.8 Å². The fourth-order valence-corrected chi connectivity index (χ4v) is 3.74. The molecule has 3 aromatic heterocycles. The molecule has 0 saturated carbocycles. The molecule has 8 heteroatoms. The highest BCUT2D eigenvalue weighted by Crippen LogP contribution is 2.28. The average Bonchev–Trinajstić information content (AvgIpc) is 3.05. The van der Waals surface area contributed by atoms with Gasteiger partial charge >= 0.3 is 5.97 Å². The molecule has 0 aliphatic carbocycles. The Hall–Kier alpha value is -3.78. The number of H-pyrrole nitrogens is 1. The van der Waals surface area contributed by atoms with Gasteiger partial charge < -0.3 is 14.5 Å². The Morgan fingerprint density at radius 2 is 1.80 bits per heavy atom. The Morgan fingerprint density at radius 3 is 2.57 bits per heavy atom. The van der Waals surface area contributed by atoms with Gasteiger partial charge in [0.25, 0.3) is 5.56 Å². The van der Waals surface area contributed by atoms with Gasteiger partial charge in [-0.15, -0.1) is 0 Å². The van der Waals surface area contributed by atoms with Crippen molar-refractivity contribution in [3.8, 4) is 0 Å². The molecule has 0 fully saturated rings.